The Labute approximate surface area is 178 Å². The van der Waals surface area contributed by atoms with Crippen molar-refractivity contribution in [3.8, 4) is 5.75 Å². The molecule has 4 rings (SSSR count). The standard InChI is InChI=1S/C24H21NO4S/c1-29-18-11-9-17(10-12-18)21-20(22(26)19-8-5-15-30-19)23(27)24(28)25(21)14-13-16-6-3-2-4-7-16/h2-12,15,20-21H,13-14H2,1H3. The monoisotopic (exact) mass is 419 g/mol. The van der Waals surface area contributed by atoms with Gasteiger partial charge in [0.1, 0.15) is 11.7 Å². The van der Waals surface area contributed by atoms with Crippen LogP contribution in [0.2, 0.25) is 0 Å². The highest BCUT2D eigenvalue weighted by molar-refractivity contribution is 7.12. The van der Waals surface area contributed by atoms with E-state index in [1.54, 1.807) is 41.7 Å². The van der Waals surface area contributed by atoms with Crippen molar-refractivity contribution in [3.05, 3.63) is 88.1 Å². The molecule has 30 heavy (non-hydrogen) atoms. The zero-order chi connectivity index (χ0) is 21.1. The van der Waals surface area contributed by atoms with Crippen LogP contribution in [0.5, 0.6) is 5.75 Å². The molecule has 152 valence electrons. The maximum Gasteiger partial charge on any atom is 0.291 e. The number of ether oxygens (including phenoxy) is 1. The van der Waals surface area contributed by atoms with Gasteiger partial charge < -0.3 is 9.64 Å². The predicted molar refractivity (Wildman–Crippen MR) is 115 cm³/mol. The molecule has 0 aliphatic carbocycles. The van der Waals surface area contributed by atoms with E-state index in [-0.39, 0.29) is 5.78 Å². The molecule has 1 aliphatic heterocycles. The van der Waals surface area contributed by atoms with Crippen LogP contribution < -0.4 is 4.74 Å². The summed E-state index contributed by atoms with van der Waals surface area (Å²) in [4.78, 5) is 41.1. The fourth-order valence-electron chi connectivity index (χ4n) is 3.87. The fraction of sp³-hybridized carbons (Fsp3) is 0.208. The fourth-order valence-corrected chi connectivity index (χ4v) is 4.57. The molecular formula is C24H21NO4S. The van der Waals surface area contributed by atoms with Crippen LogP contribution in [0, 0.1) is 5.92 Å². The lowest BCUT2D eigenvalue weighted by Crippen LogP contribution is -2.32. The van der Waals surface area contributed by atoms with Crippen molar-refractivity contribution in [3.63, 3.8) is 0 Å². The summed E-state index contributed by atoms with van der Waals surface area (Å²) in [6.07, 6.45) is 0.604. The number of hydrogen-bond acceptors (Lipinski definition) is 5. The van der Waals surface area contributed by atoms with Crippen molar-refractivity contribution < 1.29 is 19.1 Å². The van der Waals surface area contributed by atoms with Gasteiger partial charge in [0.2, 0.25) is 5.78 Å². The van der Waals surface area contributed by atoms with E-state index >= 15 is 0 Å². The maximum absolute atomic E-state index is 13.2. The van der Waals surface area contributed by atoms with Crippen molar-refractivity contribution in [2.75, 3.05) is 13.7 Å². The third-order valence-corrected chi connectivity index (χ3v) is 6.28. The van der Waals surface area contributed by atoms with E-state index in [2.05, 4.69) is 0 Å². The minimum atomic E-state index is -1.04. The van der Waals surface area contributed by atoms with Gasteiger partial charge in [-0.15, -0.1) is 11.3 Å². The Morgan fingerprint density at radius 3 is 2.37 bits per heavy atom. The molecule has 2 unspecified atom stereocenters. The normalized spacial score (nSPS) is 18.6. The summed E-state index contributed by atoms with van der Waals surface area (Å²) in [6.45, 7) is 0.361. The molecular weight excluding hydrogens is 398 g/mol. The minimum absolute atomic E-state index is 0.300. The first-order valence-corrected chi connectivity index (χ1v) is 10.6. The summed E-state index contributed by atoms with van der Waals surface area (Å²) in [7, 11) is 1.58. The number of methoxy groups -OCH3 is 1. The van der Waals surface area contributed by atoms with E-state index in [0.717, 1.165) is 11.1 Å². The van der Waals surface area contributed by atoms with Crippen molar-refractivity contribution in [1.82, 2.24) is 4.90 Å². The number of thiophene rings is 1. The predicted octanol–water partition coefficient (Wildman–Crippen LogP) is 3.95. The van der Waals surface area contributed by atoms with Crippen LogP contribution in [0.15, 0.2) is 72.1 Å². The summed E-state index contributed by atoms with van der Waals surface area (Å²) in [5, 5.41) is 1.80. The smallest absolute Gasteiger partial charge is 0.291 e. The van der Waals surface area contributed by atoms with Crippen molar-refractivity contribution in [2.24, 2.45) is 5.92 Å². The topological polar surface area (TPSA) is 63.7 Å². The second kappa shape index (κ2) is 8.63. The van der Waals surface area contributed by atoms with E-state index < -0.39 is 23.7 Å². The first-order chi connectivity index (χ1) is 14.6. The van der Waals surface area contributed by atoms with Gasteiger partial charge in [0.05, 0.1) is 18.0 Å². The lowest BCUT2D eigenvalue weighted by molar-refractivity contribution is -0.140. The number of rotatable bonds is 7. The molecule has 2 aromatic carbocycles. The molecule has 5 nitrogen and oxygen atoms in total. The molecule has 3 aromatic rings. The van der Waals surface area contributed by atoms with Crippen molar-refractivity contribution >= 4 is 28.8 Å². The molecule has 0 saturated carbocycles. The molecule has 0 N–H and O–H groups in total. The highest BCUT2D eigenvalue weighted by Crippen LogP contribution is 2.39. The zero-order valence-corrected chi connectivity index (χ0v) is 17.3. The molecule has 6 heteroatoms. The van der Waals surface area contributed by atoms with Crippen LogP contribution in [-0.4, -0.2) is 36.0 Å². The maximum atomic E-state index is 13.2. The summed E-state index contributed by atoms with van der Waals surface area (Å²) < 4.78 is 5.23. The molecule has 0 radical (unpaired) electrons. The Kier molecular flexibility index (Phi) is 5.77. The second-order valence-electron chi connectivity index (χ2n) is 7.14. The van der Waals surface area contributed by atoms with Gasteiger partial charge >= 0.3 is 0 Å². The number of hydrogen-bond donors (Lipinski definition) is 0. The molecule has 1 saturated heterocycles. The van der Waals surface area contributed by atoms with Crippen molar-refractivity contribution in [1.29, 1.82) is 0 Å². The molecule has 1 aromatic heterocycles. The zero-order valence-electron chi connectivity index (χ0n) is 16.5. The molecule has 2 heterocycles. The number of ketones is 2. The molecule has 1 amide bonds. The number of benzene rings is 2. The van der Waals surface area contributed by atoms with Gasteiger partial charge in [-0.1, -0.05) is 48.5 Å². The van der Waals surface area contributed by atoms with E-state index in [9.17, 15) is 14.4 Å². The van der Waals surface area contributed by atoms with E-state index in [4.69, 9.17) is 4.74 Å². The lowest BCUT2D eigenvalue weighted by Gasteiger charge is -2.27. The highest BCUT2D eigenvalue weighted by Gasteiger charge is 2.51. The van der Waals surface area contributed by atoms with E-state index in [1.165, 1.54) is 11.3 Å². The first-order valence-electron chi connectivity index (χ1n) is 9.70. The molecule has 0 spiro atoms. The minimum Gasteiger partial charge on any atom is -0.497 e. The quantitative estimate of drug-likeness (QED) is 0.330. The number of carbonyl (C=O) groups is 3. The summed E-state index contributed by atoms with van der Waals surface area (Å²) >= 11 is 1.28. The number of Topliss-reactive ketones (excluding diaryl/α,β-unsaturated/α-hetero) is 2. The van der Waals surface area contributed by atoms with Crippen LogP contribution in [-0.2, 0) is 16.0 Å². The van der Waals surface area contributed by atoms with Gasteiger partial charge in [-0.3, -0.25) is 14.4 Å². The van der Waals surface area contributed by atoms with Gasteiger partial charge in [-0.25, -0.2) is 0 Å². The van der Waals surface area contributed by atoms with Crippen molar-refractivity contribution in [2.45, 2.75) is 12.5 Å². The molecule has 1 fully saturated rings. The Hall–Kier alpha value is -3.25. The van der Waals surface area contributed by atoms with Gasteiger partial charge in [0.25, 0.3) is 5.91 Å². The van der Waals surface area contributed by atoms with Gasteiger partial charge in [0, 0.05) is 6.54 Å². The SMILES string of the molecule is COc1ccc(C2C(C(=O)c3cccs3)C(=O)C(=O)N2CCc2ccccc2)cc1. The highest BCUT2D eigenvalue weighted by atomic mass is 32.1. The Bertz CT molecular complexity index is 1040. The lowest BCUT2D eigenvalue weighted by atomic mass is 9.88. The van der Waals surface area contributed by atoms with Crippen LogP contribution >= 0.6 is 11.3 Å². The Morgan fingerprint density at radius 2 is 1.73 bits per heavy atom. The third-order valence-electron chi connectivity index (χ3n) is 5.39. The van der Waals surface area contributed by atoms with E-state index in [1.807, 2.05) is 42.5 Å². The molecule has 2 atom stereocenters. The van der Waals surface area contributed by atoms with Crippen LogP contribution in [0.3, 0.4) is 0 Å². The van der Waals surface area contributed by atoms with Crippen LogP contribution in [0.4, 0.5) is 0 Å². The van der Waals surface area contributed by atoms with Crippen LogP contribution in [0.1, 0.15) is 26.8 Å². The Morgan fingerprint density at radius 1 is 1.00 bits per heavy atom. The summed E-state index contributed by atoms with van der Waals surface area (Å²) in [6, 6.07) is 19.8. The largest absolute Gasteiger partial charge is 0.497 e. The van der Waals surface area contributed by atoms with E-state index in [0.29, 0.717) is 23.6 Å². The Balaban J connectivity index is 1.70. The average Bonchev–Trinajstić information content (AvgIpc) is 3.41. The van der Waals surface area contributed by atoms with Crippen LogP contribution in [0.25, 0.3) is 0 Å². The molecule has 0 bridgehead atoms. The number of carbonyl (C=O) groups excluding carboxylic acids is 3. The molecule has 1 aliphatic rings. The summed E-state index contributed by atoms with van der Waals surface area (Å²) in [5.74, 6) is -1.90. The summed E-state index contributed by atoms with van der Waals surface area (Å²) in [5.41, 5.74) is 1.82. The second-order valence-corrected chi connectivity index (χ2v) is 8.08. The van der Waals surface area contributed by atoms with Gasteiger partial charge in [-0.05, 0) is 41.1 Å². The third kappa shape index (κ3) is 3.78. The van der Waals surface area contributed by atoms with Gasteiger partial charge in [0.15, 0.2) is 5.78 Å². The number of nitrogens with zero attached hydrogens (tertiary/aromatic N) is 1. The first kappa shape index (κ1) is 20.0. The van der Waals surface area contributed by atoms with Gasteiger partial charge in [-0.2, -0.15) is 0 Å². The number of likely N-dealkylation sites (tertiary alicyclic amines) is 1. The average molecular weight is 420 g/mol. The number of amides is 1.